The molecule has 1 heterocycles. The fourth-order valence-corrected chi connectivity index (χ4v) is 1.72. The maximum atomic E-state index is 8.70. The Morgan fingerprint density at radius 1 is 1.33 bits per heavy atom. The van der Waals surface area contributed by atoms with Crippen molar-refractivity contribution < 1.29 is 4.52 Å². The van der Waals surface area contributed by atoms with Crippen LogP contribution >= 0.6 is 27.5 Å². The van der Waals surface area contributed by atoms with E-state index in [2.05, 4.69) is 21.1 Å². The fourth-order valence-electron chi connectivity index (χ4n) is 1.13. The molecule has 0 spiro atoms. The molecule has 0 unspecified atom stereocenters. The Morgan fingerprint density at radius 3 is 2.53 bits per heavy atom. The number of aromatic nitrogens is 1. The second-order valence-electron chi connectivity index (χ2n) is 2.79. The minimum absolute atomic E-state index is 0.236. The third kappa shape index (κ3) is 1.89. The maximum Gasteiger partial charge on any atom is 0.198 e. The molecule has 0 atom stereocenters. The van der Waals surface area contributed by atoms with Crippen LogP contribution in [-0.2, 0) is 0 Å². The van der Waals surface area contributed by atoms with E-state index in [0.717, 1.165) is 5.56 Å². The minimum atomic E-state index is 0.236. The van der Waals surface area contributed by atoms with Crippen molar-refractivity contribution in [2.24, 2.45) is 0 Å². The molecule has 0 fully saturated rings. The van der Waals surface area contributed by atoms with Crippen LogP contribution < -0.4 is 0 Å². The highest BCUT2D eigenvalue weighted by molar-refractivity contribution is 9.10. The largest absolute Gasteiger partial charge is 0.354 e. The van der Waals surface area contributed by atoms with Gasteiger partial charge < -0.3 is 4.52 Å². The van der Waals surface area contributed by atoms with Crippen LogP contribution in [0.25, 0.3) is 11.3 Å². The zero-order valence-electron chi connectivity index (χ0n) is 7.37. The van der Waals surface area contributed by atoms with E-state index in [1.165, 1.54) is 0 Å². The first kappa shape index (κ1) is 10.2. The lowest BCUT2D eigenvalue weighted by Gasteiger charge is -1.95. The third-order valence-electron chi connectivity index (χ3n) is 1.85. The Kier molecular flexibility index (Phi) is 2.76. The van der Waals surface area contributed by atoms with Crippen LogP contribution in [0.5, 0.6) is 0 Å². The first-order chi connectivity index (χ1) is 7.22. The predicted octanol–water partition coefficient (Wildman–Crippen LogP) is 3.63. The second-order valence-corrected chi connectivity index (χ2v) is 4.02. The van der Waals surface area contributed by atoms with Gasteiger partial charge in [0.15, 0.2) is 11.5 Å². The zero-order valence-corrected chi connectivity index (χ0v) is 9.71. The van der Waals surface area contributed by atoms with Crippen molar-refractivity contribution in [2.45, 2.75) is 0 Å². The molecule has 0 saturated carbocycles. The van der Waals surface area contributed by atoms with Crippen molar-refractivity contribution in [3.05, 3.63) is 39.5 Å². The summed E-state index contributed by atoms with van der Waals surface area (Å²) < 4.78 is 5.61. The maximum absolute atomic E-state index is 8.70. The van der Waals surface area contributed by atoms with Gasteiger partial charge in [0.2, 0.25) is 0 Å². The Morgan fingerprint density at radius 2 is 2.00 bits per heavy atom. The van der Waals surface area contributed by atoms with E-state index in [4.69, 9.17) is 21.4 Å². The lowest BCUT2D eigenvalue weighted by Crippen LogP contribution is -1.75. The monoisotopic (exact) mass is 282 g/mol. The number of hydrogen-bond acceptors (Lipinski definition) is 3. The summed E-state index contributed by atoms with van der Waals surface area (Å²) in [5.41, 5.74) is 1.06. The van der Waals surface area contributed by atoms with Gasteiger partial charge in [-0.15, -0.1) is 0 Å². The number of nitriles is 1. The third-order valence-corrected chi connectivity index (χ3v) is 2.84. The van der Waals surface area contributed by atoms with Crippen LogP contribution in [0.1, 0.15) is 5.69 Å². The molecule has 15 heavy (non-hydrogen) atoms. The summed E-state index contributed by atoms with van der Waals surface area (Å²) in [6.07, 6.45) is 0. The molecule has 3 nitrogen and oxygen atoms in total. The normalized spacial score (nSPS) is 9.93. The van der Waals surface area contributed by atoms with Crippen molar-refractivity contribution >= 4 is 27.5 Å². The number of benzene rings is 1. The SMILES string of the molecule is N#Cc1noc(-c2ccc(Cl)cc2)c1Br. The lowest BCUT2D eigenvalue weighted by atomic mass is 10.2. The van der Waals surface area contributed by atoms with Gasteiger partial charge in [-0.1, -0.05) is 16.8 Å². The number of halogens is 2. The molecular weight excluding hydrogens is 279 g/mol. The summed E-state index contributed by atoms with van der Waals surface area (Å²) in [7, 11) is 0. The van der Waals surface area contributed by atoms with Crippen molar-refractivity contribution in [1.29, 1.82) is 5.26 Å². The first-order valence-corrected chi connectivity index (χ1v) is 5.20. The quantitative estimate of drug-likeness (QED) is 0.803. The highest BCUT2D eigenvalue weighted by Crippen LogP contribution is 2.31. The zero-order chi connectivity index (χ0) is 10.8. The highest BCUT2D eigenvalue weighted by Gasteiger charge is 2.14. The van der Waals surface area contributed by atoms with Gasteiger partial charge in [0.25, 0.3) is 0 Å². The van der Waals surface area contributed by atoms with E-state index in [1.54, 1.807) is 24.3 Å². The Hall–Kier alpha value is -1.31. The summed E-state index contributed by atoms with van der Waals surface area (Å²) in [6, 6.07) is 9.02. The molecule has 2 rings (SSSR count). The van der Waals surface area contributed by atoms with Crippen molar-refractivity contribution in [1.82, 2.24) is 5.16 Å². The molecule has 0 saturated heterocycles. The first-order valence-electron chi connectivity index (χ1n) is 4.03. The molecule has 2 aromatic rings. The Labute approximate surface area is 99.4 Å². The van der Waals surface area contributed by atoms with Gasteiger partial charge in [-0.3, -0.25) is 0 Å². The summed E-state index contributed by atoms with van der Waals surface area (Å²) >= 11 is 9.02. The van der Waals surface area contributed by atoms with Crippen molar-refractivity contribution in [2.75, 3.05) is 0 Å². The molecular formula is C10H4BrClN2O. The van der Waals surface area contributed by atoms with Crippen LogP contribution in [0.4, 0.5) is 0 Å². The number of rotatable bonds is 1. The molecule has 1 aromatic carbocycles. The number of nitrogens with zero attached hydrogens (tertiary/aromatic N) is 2. The molecule has 0 amide bonds. The van der Waals surface area contributed by atoms with Crippen molar-refractivity contribution in [3.8, 4) is 17.4 Å². The van der Waals surface area contributed by atoms with Crippen LogP contribution in [0.15, 0.2) is 33.3 Å². The molecule has 0 bridgehead atoms. The molecule has 0 aliphatic heterocycles. The lowest BCUT2D eigenvalue weighted by molar-refractivity contribution is 0.430. The molecule has 0 aliphatic rings. The molecule has 74 valence electrons. The molecule has 0 radical (unpaired) electrons. The highest BCUT2D eigenvalue weighted by atomic mass is 79.9. The van der Waals surface area contributed by atoms with Gasteiger partial charge in [0, 0.05) is 10.6 Å². The van der Waals surface area contributed by atoms with Gasteiger partial charge in [0.1, 0.15) is 10.5 Å². The van der Waals surface area contributed by atoms with Gasteiger partial charge >= 0.3 is 0 Å². The van der Waals surface area contributed by atoms with E-state index in [9.17, 15) is 0 Å². The van der Waals surface area contributed by atoms with Crippen LogP contribution in [0.3, 0.4) is 0 Å². The minimum Gasteiger partial charge on any atom is -0.354 e. The van der Waals surface area contributed by atoms with Crippen LogP contribution in [-0.4, -0.2) is 5.16 Å². The van der Waals surface area contributed by atoms with Gasteiger partial charge in [-0.05, 0) is 40.2 Å². The summed E-state index contributed by atoms with van der Waals surface area (Å²) in [4.78, 5) is 0. The van der Waals surface area contributed by atoms with E-state index in [-0.39, 0.29) is 5.69 Å². The van der Waals surface area contributed by atoms with E-state index in [1.807, 2.05) is 6.07 Å². The van der Waals surface area contributed by atoms with Gasteiger partial charge in [-0.2, -0.15) is 5.26 Å². The standard InChI is InChI=1S/C10H4BrClN2O/c11-9-8(5-13)14-15-10(9)6-1-3-7(12)4-2-6/h1-4H. The average Bonchev–Trinajstić information content (AvgIpc) is 2.61. The van der Waals surface area contributed by atoms with E-state index in [0.29, 0.717) is 15.3 Å². The molecule has 0 aliphatic carbocycles. The fraction of sp³-hybridized carbons (Fsp3) is 0. The summed E-state index contributed by atoms with van der Waals surface area (Å²) in [5.74, 6) is 0.531. The summed E-state index contributed by atoms with van der Waals surface area (Å²) in [6.45, 7) is 0. The molecule has 1 aromatic heterocycles. The van der Waals surface area contributed by atoms with Gasteiger partial charge in [-0.25, -0.2) is 0 Å². The van der Waals surface area contributed by atoms with E-state index >= 15 is 0 Å². The molecule has 0 N–H and O–H groups in total. The van der Waals surface area contributed by atoms with Crippen LogP contribution in [0, 0.1) is 11.3 Å². The number of hydrogen-bond donors (Lipinski definition) is 0. The predicted molar refractivity (Wildman–Crippen MR) is 59.4 cm³/mol. The molecule has 5 heteroatoms. The Balaban J connectivity index is 2.51. The average molecular weight is 284 g/mol. The van der Waals surface area contributed by atoms with Crippen LogP contribution in [0.2, 0.25) is 5.02 Å². The summed E-state index contributed by atoms with van der Waals surface area (Å²) in [5, 5.41) is 13.0. The van der Waals surface area contributed by atoms with Gasteiger partial charge in [0.05, 0.1) is 0 Å². The van der Waals surface area contributed by atoms with E-state index < -0.39 is 0 Å². The smallest absolute Gasteiger partial charge is 0.198 e. The second kappa shape index (κ2) is 4.05. The Bertz CT molecular complexity index is 527. The van der Waals surface area contributed by atoms with Crippen molar-refractivity contribution in [3.63, 3.8) is 0 Å². The topological polar surface area (TPSA) is 49.8 Å².